The van der Waals surface area contributed by atoms with Crippen LogP contribution in [0.4, 0.5) is 4.39 Å². The van der Waals surface area contributed by atoms with Crippen molar-refractivity contribution in [1.29, 1.82) is 0 Å². The molecule has 118 valence electrons. The van der Waals surface area contributed by atoms with Gasteiger partial charge in [-0.25, -0.2) is 4.39 Å². The van der Waals surface area contributed by atoms with Gasteiger partial charge in [0.05, 0.1) is 0 Å². The molecule has 0 aliphatic carbocycles. The Hall–Kier alpha value is -2.44. The minimum atomic E-state index is -0.698. The average molecular weight is 307 g/mol. The summed E-state index contributed by atoms with van der Waals surface area (Å²) in [7, 11) is 0. The van der Waals surface area contributed by atoms with Crippen LogP contribution in [0.2, 0.25) is 0 Å². The van der Waals surface area contributed by atoms with Gasteiger partial charge in [0.25, 0.3) is 0 Å². The van der Waals surface area contributed by atoms with E-state index in [0.717, 1.165) is 6.41 Å². The molecule has 0 unspecified atom stereocenters. The Kier molecular flexibility index (Phi) is 5.46. The summed E-state index contributed by atoms with van der Waals surface area (Å²) >= 11 is 0. The van der Waals surface area contributed by atoms with E-state index in [9.17, 15) is 18.8 Å². The van der Waals surface area contributed by atoms with Gasteiger partial charge in [0.2, 0.25) is 6.41 Å². The first-order valence-corrected chi connectivity index (χ1v) is 7.11. The molecule has 1 fully saturated rings. The second-order valence-electron chi connectivity index (χ2n) is 5.03. The first kappa shape index (κ1) is 15.9. The van der Waals surface area contributed by atoms with Crippen molar-refractivity contribution in [3.63, 3.8) is 0 Å². The molecule has 1 saturated heterocycles. The number of carbonyl (C=O) groups is 3. The number of piperazine rings is 1. The molecule has 0 bridgehead atoms. The van der Waals surface area contributed by atoms with Gasteiger partial charge in [-0.3, -0.25) is 14.4 Å². The lowest BCUT2D eigenvalue weighted by Gasteiger charge is -2.31. The van der Waals surface area contributed by atoms with Gasteiger partial charge in [-0.15, -0.1) is 0 Å². The van der Waals surface area contributed by atoms with Gasteiger partial charge in [-0.2, -0.15) is 0 Å². The van der Waals surface area contributed by atoms with Gasteiger partial charge in [-0.05, 0) is 18.1 Å². The number of amides is 3. The standard InChI is InChI=1S/C15H18FN3O3/c16-13-4-2-1-3-12(13)5-6-17-14(21)15(22)19-9-7-18(11-20)8-10-19/h1-4,11H,5-10H2,(H,17,21). The van der Waals surface area contributed by atoms with Crippen molar-refractivity contribution >= 4 is 18.2 Å². The van der Waals surface area contributed by atoms with Crippen LogP contribution < -0.4 is 5.32 Å². The number of hydrogen-bond donors (Lipinski definition) is 1. The summed E-state index contributed by atoms with van der Waals surface area (Å²) in [5.41, 5.74) is 0.495. The molecule has 1 aliphatic rings. The Bertz CT molecular complexity index is 557. The average Bonchev–Trinajstić information content (AvgIpc) is 2.56. The van der Waals surface area contributed by atoms with Gasteiger partial charge in [-0.1, -0.05) is 18.2 Å². The van der Waals surface area contributed by atoms with Crippen molar-refractivity contribution in [2.24, 2.45) is 0 Å². The first-order chi connectivity index (χ1) is 10.6. The molecule has 0 aromatic heterocycles. The van der Waals surface area contributed by atoms with Gasteiger partial charge < -0.3 is 15.1 Å². The molecule has 1 aromatic rings. The summed E-state index contributed by atoms with van der Waals surface area (Å²) in [6, 6.07) is 6.31. The Morgan fingerprint density at radius 2 is 1.86 bits per heavy atom. The van der Waals surface area contributed by atoms with Crippen LogP contribution in [0.3, 0.4) is 0 Å². The maximum Gasteiger partial charge on any atom is 0.312 e. The summed E-state index contributed by atoms with van der Waals surface area (Å²) in [6.45, 7) is 1.74. The van der Waals surface area contributed by atoms with Crippen LogP contribution in [-0.2, 0) is 20.8 Å². The second kappa shape index (κ2) is 7.53. The van der Waals surface area contributed by atoms with E-state index in [4.69, 9.17) is 0 Å². The van der Waals surface area contributed by atoms with Crippen LogP contribution in [0.5, 0.6) is 0 Å². The third-order valence-corrected chi connectivity index (χ3v) is 3.58. The summed E-state index contributed by atoms with van der Waals surface area (Å²) < 4.78 is 13.4. The molecular formula is C15H18FN3O3. The molecule has 7 heteroatoms. The zero-order chi connectivity index (χ0) is 15.9. The lowest BCUT2D eigenvalue weighted by Crippen LogP contribution is -2.52. The fourth-order valence-corrected chi connectivity index (χ4v) is 2.26. The van der Waals surface area contributed by atoms with Crippen molar-refractivity contribution < 1.29 is 18.8 Å². The SMILES string of the molecule is O=CN1CCN(C(=O)C(=O)NCCc2ccccc2F)CC1. The highest BCUT2D eigenvalue weighted by Crippen LogP contribution is 2.06. The number of nitrogens with zero attached hydrogens (tertiary/aromatic N) is 2. The lowest BCUT2D eigenvalue weighted by atomic mass is 10.1. The van der Waals surface area contributed by atoms with Crippen LogP contribution in [0.15, 0.2) is 24.3 Å². The van der Waals surface area contributed by atoms with E-state index in [1.54, 1.807) is 23.1 Å². The van der Waals surface area contributed by atoms with E-state index >= 15 is 0 Å². The highest BCUT2D eigenvalue weighted by Gasteiger charge is 2.25. The minimum absolute atomic E-state index is 0.194. The Labute approximate surface area is 127 Å². The normalized spacial score (nSPS) is 14.6. The largest absolute Gasteiger partial charge is 0.347 e. The number of halogens is 1. The molecule has 1 aliphatic heterocycles. The van der Waals surface area contributed by atoms with Crippen molar-refractivity contribution in [1.82, 2.24) is 15.1 Å². The van der Waals surface area contributed by atoms with Gasteiger partial charge in [0.1, 0.15) is 5.82 Å². The van der Waals surface area contributed by atoms with Crippen LogP contribution in [0.1, 0.15) is 5.56 Å². The van der Waals surface area contributed by atoms with E-state index in [0.29, 0.717) is 38.2 Å². The maximum absolute atomic E-state index is 13.4. The number of rotatable bonds is 4. The van der Waals surface area contributed by atoms with Crippen molar-refractivity contribution in [3.8, 4) is 0 Å². The molecular weight excluding hydrogens is 289 g/mol. The van der Waals surface area contributed by atoms with E-state index < -0.39 is 11.8 Å². The smallest absolute Gasteiger partial charge is 0.312 e. The molecule has 6 nitrogen and oxygen atoms in total. The summed E-state index contributed by atoms with van der Waals surface area (Å²) in [6.07, 6.45) is 1.06. The molecule has 2 rings (SSSR count). The van der Waals surface area contributed by atoms with E-state index in [1.165, 1.54) is 11.0 Å². The highest BCUT2D eigenvalue weighted by atomic mass is 19.1. The zero-order valence-electron chi connectivity index (χ0n) is 12.1. The molecule has 22 heavy (non-hydrogen) atoms. The summed E-state index contributed by atoms with van der Waals surface area (Å²) in [4.78, 5) is 37.3. The topological polar surface area (TPSA) is 69.7 Å². The molecule has 1 N–H and O–H groups in total. The Balaban J connectivity index is 1.76. The number of nitrogens with one attached hydrogen (secondary N) is 1. The molecule has 0 radical (unpaired) electrons. The Morgan fingerprint density at radius 1 is 1.18 bits per heavy atom. The number of carbonyl (C=O) groups excluding carboxylic acids is 3. The van der Waals surface area contributed by atoms with Gasteiger partial charge in [0.15, 0.2) is 0 Å². The van der Waals surface area contributed by atoms with Crippen LogP contribution in [0, 0.1) is 5.82 Å². The second-order valence-corrected chi connectivity index (χ2v) is 5.03. The van der Waals surface area contributed by atoms with Crippen LogP contribution >= 0.6 is 0 Å². The van der Waals surface area contributed by atoms with E-state index in [2.05, 4.69) is 5.32 Å². The van der Waals surface area contributed by atoms with Crippen molar-refractivity contribution in [3.05, 3.63) is 35.6 Å². The zero-order valence-corrected chi connectivity index (χ0v) is 12.1. The fraction of sp³-hybridized carbons (Fsp3) is 0.400. The fourth-order valence-electron chi connectivity index (χ4n) is 2.26. The van der Waals surface area contributed by atoms with E-state index in [-0.39, 0.29) is 12.4 Å². The van der Waals surface area contributed by atoms with Crippen LogP contribution in [0.25, 0.3) is 0 Å². The maximum atomic E-state index is 13.4. The Morgan fingerprint density at radius 3 is 2.50 bits per heavy atom. The monoisotopic (exact) mass is 307 g/mol. The predicted molar refractivity (Wildman–Crippen MR) is 77.3 cm³/mol. The summed E-state index contributed by atoms with van der Waals surface area (Å²) in [5, 5.41) is 2.50. The molecule has 1 heterocycles. The predicted octanol–water partition coefficient (Wildman–Crippen LogP) is -0.215. The molecule has 0 saturated carbocycles. The lowest BCUT2D eigenvalue weighted by molar-refractivity contribution is -0.147. The quantitative estimate of drug-likeness (QED) is 0.618. The molecule has 0 atom stereocenters. The number of benzene rings is 1. The third kappa shape index (κ3) is 4.03. The third-order valence-electron chi connectivity index (χ3n) is 3.58. The number of hydrogen-bond acceptors (Lipinski definition) is 3. The molecule has 1 aromatic carbocycles. The van der Waals surface area contributed by atoms with Crippen molar-refractivity contribution in [2.75, 3.05) is 32.7 Å². The van der Waals surface area contributed by atoms with Gasteiger partial charge >= 0.3 is 11.8 Å². The van der Waals surface area contributed by atoms with Crippen molar-refractivity contribution in [2.45, 2.75) is 6.42 Å². The van der Waals surface area contributed by atoms with E-state index in [1.807, 2.05) is 0 Å². The molecule has 3 amide bonds. The van der Waals surface area contributed by atoms with Gasteiger partial charge in [0, 0.05) is 32.7 Å². The van der Waals surface area contributed by atoms with Crippen LogP contribution in [-0.4, -0.2) is 60.7 Å². The highest BCUT2D eigenvalue weighted by molar-refractivity contribution is 6.35. The summed E-state index contributed by atoms with van der Waals surface area (Å²) in [5.74, 6) is -1.64. The molecule has 0 spiro atoms. The first-order valence-electron chi connectivity index (χ1n) is 7.11. The minimum Gasteiger partial charge on any atom is -0.347 e.